The fourth-order valence-electron chi connectivity index (χ4n) is 2.40. The molecule has 0 bridgehead atoms. The smallest absolute Gasteiger partial charge is 0.250 e. The van der Waals surface area contributed by atoms with Crippen molar-refractivity contribution in [1.29, 1.82) is 0 Å². The number of thiazole rings is 1. The van der Waals surface area contributed by atoms with E-state index in [2.05, 4.69) is 10.3 Å². The number of nitrogens with one attached hydrogen (secondary N) is 1. The van der Waals surface area contributed by atoms with Crippen LogP contribution >= 0.6 is 11.3 Å². The molecule has 6 heteroatoms. The summed E-state index contributed by atoms with van der Waals surface area (Å²) in [5, 5.41) is 3.34. The van der Waals surface area contributed by atoms with Crippen LogP contribution in [0.15, 0.2) is 48.5 Å². The number of hydrogen-bond acceptors (Lipinski definition) is 5. The third-order valence-corrected chi connectivity index (χ3v) is 4.44. The van der Waals surface area contributed by atoms with E-state index in [0.717, 1.165) is 21.5 Å². The Balaban J connectivity index is 1.52. The molecule has 120 valence electrons. The molecular weight excluding hydrogens is 324 g/mol. The minimum atomic E-state index is -0.213. The van der Waals surface area contributed by atoms with E-state index in [1.807, 2.05) is 42.5 Å². The average Bonchev–Trinajstić information content (AvgIpc) is 2.99. The summed E-state index contributed by atoms with van der Waals surface area (Å²) in [6.45, 7) is 1.09. The number of hydrogen-bond donors (Lipinski definition) is 1. The van der Waals surface area contributed by atoms with Crippen LogP contribution in [0.3, 0.4) is 0 Å². The van der Waals surface area contributed by atoms with Crippen molar-refractivity contribution < 1.29 is 14.3 Å². The normalized spacial score (nSPS) is 13.3. The number of benzene rings is 2. The molecule has 1 aliphatic heterocycles. The summed E-state index contributed by atoms with van der Waals surface area (Å²) in [6, 6.07) is 13.4. The Morgan fingerprint density at radius 1 is 1.12 bits per heavy atom. The maximum absolute atomic E-state index is 12.0. The van der Waals surface area contributed by atoms with Gasteiger partial charge in [0, 0.05) is 18.2 Å². The molecule has 1 aliphatic rings. The van der Waals surface area contributed by atoms with E-state index in [9.17, 15) is 4.79 Å². The summed E-state index contributed by atoms with van der Waals surface area (Å²) in [5.41, 5.74) is 1.76. The van der Waals surface area contributed by atoms with Gasteiger partial charge in [-0.05, 0) is 11.6 Å². The first-order chi connectivity index (χ1) is 11.8. The highest BCUT2D eigenvalue weighted by Crippen LogP contribution is 2.37. The number of carbonyl (C=O) groups is 1. The molecule has 1 aromatic heterocycles. The van der Waals surface area contributed by atoms with Crippen molar-refractivity contribution >= 4 is 38.7 Å². The number of nitrogens with zero attached hydrogens (tertiary/aromatic N) is 1. The summed E-state index contributed by atoms with van der Waals surface area (Å²) in [6.07, 6.45) is 3.27. The van der Waals surface area contributed by atoms with Crippen molar-refractivity contribution in [2.45, 2.75) is 0 Å². The first-order valence-corrected chi connectivity index (χ1v) is 8.34. The fourth-order valence-corrected chi connectivity index (χ4v) is 3.28. The van der Waals surface area contributed by atoms with Gasteiger partial charge < -0.3 is 9.47 Å². The van der Waals surface area contributed by atoms with E-state index >= 15 is 0 Å². The largest absolute Gasteiger partial charge is 0.486 e. The Bertz CT molecular complexity index is 876. The predicted molar refractivity (Wildman–Crippen MR) is 94.7 cm³/mol. The van der Waals surface area contributed by atoms with Gasteiger partial charge in [-0.25, -0.2) is 4.98 Å². The number of anilines is 1. The Kier molecular flexibility index (Phi) is 3.88. The summed E-state index contributed by atoms with van der Waals surface area (Å²) in [5.74, 6) is 1.20. The zero-order chi connectivity index (χ0) is 16.4. The molecule has 0 spiro atoms. The number of rotatable bonds is 3. The van der Waals surface area contributed by atoms with Gasteiger partial charge in [0.1, 0.15) is 13.2 Å². The number of ether oxygens (including phenoxy) is 2. The van der Waals surface area contributed by atoms with E-state index in [1.54, 1.807) is 6.08 Å². The zero-order valence-electron chi connectivity index (χ0n) is 12.7. The molecule has 0 aliphatic carbocycles. The lowest BCUT2D eigenvalue weighted by Gasteiger charge is -2.17. The second-order valence-corrected chi connectivity index (χ2v) is 6.25. The highest BCUT2D eigenvalue weighted by atomic mass is 32.1. The van der Waals surface area contributed by atoms with Crippen LogP contribution in [0.25, 0.3) is 16.3 Å². The predicted octanol–water partition coefficient (Wildman–Crippen LogP) is 3.72. The molecule has 0 unspecified atom stereocenters. The highest BCUT2D eigenvalue weighted by Gasteiger charge is 2.15. The van der Waals surface area contributed by atoms with Crippen LogP contribution in [0.1, 0.15) is 5.56 Å². The molecule has 0 fully saturated rings. The summed E-state index contributed by atoms with van der Waals surface area (Å²) in [4.78, 5) is 16.5. The van der Waals surface area contributed by atoms with Gasteiger partial charge in [0.15, 0.2) is 16.6 Å². The lowest BCUT2D eigenvalue weighted by Crippen LogP contribution is -2.15. The molecule has 0 saturated heterocycles. The number of aromatic nitrogens is 1. The molecule has 0 saturated carbocycles. The van der Waals surface area contributed by atoms with Gasteiger partial charge in [-0.3, -0.25) is 10.1 Å². The second-order valence-electron chi connectivity index (χ2n) is 5.22. The minimum Gasteiger partial charge on any atom is -0.486 e. The van der Waals surface area contributed by atoms with Crippen molar-refractivity contribution in [2.75, 3.05) is 18.5 Å². The Labute approximate surface area is 142 Å². The summed E-state index contributed by atoms with van der Waals surface area (Å²) < 4.78 is 12.1. The van der Waals surface area contributed by atoms with Gasteiger partial charge in [0.05, 0.1) is 10.2 Å². The third-order valence-electron chi connectivity index (χ3n) is 3.51. The third kappa shape index (κ3) is 3.09. The molecule has 2 heterocycles. The van der Waals surface area contributed by atoms with Crippen LogP contribution in [-0.2, 0) is 4.79 Å². The Hall–Kier alpha value is -2.86. The molecule has 4 rings (SSSR count). The first-order valence-electron chi connectivity index (χ1n) is 7.52. The van der Waals surface area contributed by atoms with Crippen molar-refractivity contribution in [1.82, 2.24) is 4.98 Å². The van der Waals surface area contributed by atoms with E-state index in [1.165, 1.54) is 17.4 Å². The molecule has 1 amide bonds. The van der Waals surface area contributed by atoms with Gasteiger partial charge in [-0.2, -0.15) is 0 Å². The summed E-state index contributed by atoms with van der Waals surface area (Å²) >= 11 is 1.41. The zero-order valence-corrected chi connectivity index (χ0v) is 13.5. The summed E-state index contributed by atoms with van der Waals surface area (Å²) in [7, 11) is 0. The van der Waals surface area contributed by atoms with Crippen molar-refractivity contribution in [2.24, 2.45) is 0 Å². The lowest BCUT2D eigenvalue weighted by molar-refractivity contribution is -0.111. The molecule has 24 heavy (non-hydrogen) atoms. The van der Waals surface area contributed by atoms with Gasteiger partial charge in [-0.15, -0.1) is 0 Å². The minimum absolute atomic E-state index is 0.213. The molecule has 0 atom stereocenters. The van der Waals surface area contributed by atoms with E-state index in [4.69, 9.17) is 9.47 Å². The van der Waals surface area contributed by atoms with Crippen molar-refractivity contribution in [3.8, 4) is 11.5 Å². The quantitative estimate of drug-likeness (QED) is 0.740. The first kappa shape index (κ1) is 14.7. The maximum Gasteiger partial charge on any atom is 0.250 e. The lowest BCUT2D eigenvalue weighted by atomic mass is 10.2. The second kappa shape index (κ2) is 6.33. The van der Waals surface area contributed by atoms with Gasteiger partial charge in [0.25, 0.3) is 0 Å². The van der Waals surface area contributed by atoms with Gasteiger partial charge in [0.2, 0.25) is 5.91 Å². The monoisotopic (exact) mass is 338 g/mol. The average molecular weight is 338 g/mol. The van der Waals surface area contributed by atoms with Gasteiger partial charge in [-0.1, -0.05) is 41.7 Å². The van der Waals surface area contributed by atoms with Crippen LogP contribution in [-0.4, -0.2) is 24.1 Å². The molecule has 3 aromatic rings. The van der Waals surface area contributed by atoms with Crippen LogP contribution in [0, 0.1) is 0 Å². The Morgan fingerprint density at radius 3 is 2.67 bits per heavy atom. The van der Waals surface area contributed by atoms with Crippen LogP contribution in [0.5, 0.6) is 11.5 Å². The fraction of sp³-hybridized carbons (Fsp3) is 0.111. The van der Waals surface area contributed by atoms with Gasteiger partial charge >= 0.3 is 0 Å². The van der Waals surface area contributed by atoms with E-state index < -0.39 is 0 Å². The SMILES string of the molecule is O=C(/C=C/c1ccccc1)Nc1nc2cc3c(cc2s1)OCCO3. The number of amides is 1. The number of carbonyl (C=O) groups excluding carboxylic acids is 1. The van der Waals surface area contributed by atoms with Crippen LogP contribution in [0.4, 0.5) is 5.13 Å². The molecule has 5 nitrogen and oxygen atoms in total. The molecular formula is C18H14N2O3S. The van der Waals surface area contributed by atoms with Crippen molar-refractivity contribution in [3.05, 3.63) is 54.1 Å². The standard InChI is InChI=1S/C18H14N2O3S/c21-17(7-6-12-4-2-1-3-5-12)20-18-19-13-10-14-15(11-16(13)24-18)23-9-8-22-14/h1-7,10-11H,8-9H2,(H,19,20,21)/b7-6+. The van der Waals surface area contributed by atoms with E-state index in [0.29, 0.717) is 24.1 Å². The van der Waals surface area contributed by atoms with Crippen LogP contribution < -0.4 is 14.8 Å². The molecule has 2 aromatic carbocycles. The van der Waals surface area contributed by atoms with Crippen LogP contribution in [0.2, 0.25) is 0 Å². The maximum atomic E-state index is 12.0. The van der Waals surface area contributed by atoms with Crippen molar-refractivity contribution in [3.63, 3.8) is 0 Å². The highest BCUT2D eigenvalue weighted by molar-refractivity contribution is 7.22. The topological polar surface area (TPSA) is 60.5 Å². The van der Waals surface area contributed by atoms with E-state index in [-0.39, 0.29) is 5.91 Å². The Morgan fingerprint density at radius 2 is 1.88 bits per heavy atom. The number of fused-ring (bicyclic) bond motifs is 2. The molecule has 1 N–H and O–H groups in total. The molecule has 0 radical (unpaired) electrons.